The molecule has 1 aromatic carbocycles. The van der Waals surface area contributed by atoms with Crippen molar-refractivity contribution < 1.29 is 0 Å². The predicted octanol–water partition coefficient (Wildman–Crippen LogP) is 3.44. The van der Waals surface area contributed by atoms with Crippen LogP contribution in [-0.2, 0) is 12.8 Å². The summed E-state index contributed by atoms with van der Waals surface area (Å²) in [6.45, 7) is 2.29. The minimum Gasteiger partial charge on any atom is -0.399 e. The fourth-order valence-electron chi connectivity index (χ4n) is 2.11. The van der Waals surface area contributed by atoms with Gasteiger partial charge in [-0.15, -0.1) is 11.3 Å². The lowest BCUT2D eigenvalue weighted by Gasteiger charge is -2.15. The van der Waals surface area contributed by atoms with Gasteiger partial charge in [0, 0.05) is 17.1 Å². The molecule has 102 valence electrons. The van der Waals surface area contributed by atoms with E-state index < -0.39 is 0 Å². The number of benzene rings is 1. The zero-order valence-corrected chi connectivity index (χ0v) is 12.3. The van der Waals surface area contributed by atoms with Crippen molar-refractivity contribution >= 4 is 17.0 Å². The molecule has 1 aromatic heterocycles. The van der Waals surface area contributed by atoms with Crippen LogP contribution in [0.15, 0.2) is 41.8 Å². The molecule has 0 spiro atoms. The summed E-state index contributed by atoms with van der Waals surface area (Å²) in [6, 6.07) is 12.6. The third kappa shape index (κ3) is 5.05. The van der Waals surface area contributed by atoms with Gasteiger partial charge in [0.1, 0.15) is 0 Å². The summed E-state index contributed by atoms with van der Waals surface area (Å²) >= 11 is 1.85. The molecule has 3 heteroatoms. The standard InChI is InChI=1S/C16H22N2S/c1-18(12-10-16-5-3-13-19-16)11-2-4-14-6-8-15(17)9-7-14/h3,5-9,13H,2,4,10-12,17H2,1H3. The minimum absolute atomic E-state index is 0.844. The first kappa shape index (κ1) is 14.1. The fourth-order valence-corrected chi connectivity index (χ4v) is 2.80. The van der Waals surface area contributed by atoms with E-state index in [0.717, 1.165) is 31.6 Å². The van der Waals surface area contributed by atoms with Gasteiger partial charge in [0.2, 0.25) is 0 Å². The molecule has 0 aliphatic carbocycles. The number of thiophene rings is 1. The quantitative estimate of drug-likeness (QED) is 0.784. The summed E-state index contributed by atoms with van der Waals surface area (Å²) in [4.78, 5) is 3.89. The molecule has 0 amide bonds. The zero-order chi connectivity index (χ0) is 13.5. The van der Waals surface area contributed by atoms with E-state index in [-0.39, 0.29) is 0 Å². The maximum Gasteiger partial charge on any atom is 0.0314 e. The largest absolute Gasteiger partial charge is 0.399 e. The second kappa shape index (κ2) is 7.31. The van der Waals surface area contributed by atoms with Crippen molar-refractivity contribution in [2.24, 2.45) is 0 Å². The second-order valence-electron chi connectivity index (χ2n) is 4.98. The summed E-state index contributed by atoms with van der Waals surface area (Å²) in [7, 11) is 2.20. The van der Waals surface area contributed by atoms with E-state index in [9.17, 15) is 0 Å². The van der Waals surface area contributed by atoms with E-state index in [1.807, 2.05) is 23.5 Å². The highest BCUT2D eigenvalue weighted by Gasteiger charge is 2.01. The number of nitrogens with two attached hydrogens (primary N) is 1. The summed E-state index contributed by atoms with van der Waals surface area (Å²) in [5, 5.41) is 2.15. The summed E-state index contributed by atoms with van der Waals surface area (Å²) in [5.41, 5.74) is 7.90. The number of anilines is 1. The molecule has 0 saturated carbocycles. The van der Waals surface area contributed by atoms with Crippen molar-refractivity contribution in [3.63, 3.8) is 0 Å². The molecule has 0 radical (unpaired) electrons. The molecule has 0 saturated heterocycles. The lowest BCUT2D eigenvalue weighted by atomic mass is 10.1. The van der Waals surface area contributed by atoms with Gasteiger partial charge in [-0.2, -0.15) is 0 Å². The second-order valence-corrected chi connectivity index (χ2v) is 6.01. The third-order valence-corrected chi connectivity index (χ3v) is 4.24. The van der Waals surface area contributed by atoms with Gasteiger partial charge in [-0.25, -0.2) is 0 Å². The van der Waals surface area contributed by atoms with E-state index in [4.69, 9.17) is 5.73 Å². The number of hydrogen-bond donors (Lipinski definition) is 1. The molecular weight excluding hydrogens is 252 g/mol. The number of nitrogen functional groups attached to an aromatic ring is 1. The molecule has 0 atom stereocenters. The van der Waals surface area contributed by atoms with Crippen LogP contribution in [-0.4, -0.2) is 25.0 Å². The molecule has 2 N–H and O–H groups in total. The predicted molar refractivity (Wildman–Crippen MR) is 84.7 cm³/mol. The molecular formula is C16H22N2S. The highest BCUT2D eigenvalue weighted by atomic mass is 32.1. The van der Waals surface area contributed by atoms with Crippen LogP contribution < -0.4 is 5.73 Å². The van der Waals surface area contributed by atoms with Crippen molar-refractivity contribution in [1.82, 2.24) is 4.90 Å². The van der Waals surface area contributed by atoms with Gasteiger partial charge >= 0.3 is 0 Å². The lowest BCUT2D eigenvalue weighted by Crippen LogP contribution is -2.22. The van der Waals surface area contributed by atoms with Crippen molar-refractivity contribution in [3.05, 3.63) is 52.2 Å². The van der Waals surface area contributed by atoms with Crippen LogP contribution in [0, 0.1) is 0 Å². The number of aryl methyl sites for hydroxylation is 1. The molecule has 2 aromatic rings. The monoisotopic (exact) mass is 274 g/mol. The molecule has 0 unspecified atom stereocenters. The molecule has 0 aliphatic heterocycles. The van der Waals surface area contributed by atoms with Crippen molar-refractivity contribution in [2.45, 2.75) is 19.3 Å². The highest BCUT2D eigenvalue weighted by Crippen LogP contribution is 2.10. The van der Waals surface area contributed by atoms with E-state index >= 15 is 0 Å². The van der Waals surface area contributed by atoms with Gasteiger partial charge in [0.25, 0.3) is 0 Å². The Morgan fingerprint density at radius 3 is 2.53 bits per heavy atom. The Balaban J connectivity index is 1.63. The Bertz CT molecular complexity index is 462. The Hall–Kier alpha value is -1.32. The third-order valence-electron chi connectivity index (χ3n) is 3.31. The fraction of sp³-hybridized carbons (Fsp3) is 0.375. The van der Waals surface area contributed by atoms with E-state index in [0.29, 0.717) is 0 Å². The molecule has 0 aliphatic rings. The normalized spacial score (nSPS) is 11.1. The van der Waals surface area contributed by atoms with Gasteiger partial charge < -0.3 is 10.6 Å². The average Bonchev–Trinajstić information content (AvgIpc) is 2.92. The Labute approximate surface area is 119 Å². The van der Waals surface area contributed by atoms with E-state index in [2.05, 4.69) is 41.6 Å². The minimum atomic E-state index is 0.844. The number of likely N-dealkylation sites (N-methyl/N-ethyl adjacent to an activating group) is 1. The van der Waals surface area contributed by atoms with Crippen molar-refractivity contribution in [2.75, 3.05) is 25.9 Å². The topological polar surface area (TPSA) is 29.3 Å². The van der Waals surface area contributed by atoms with Gasteiger partial charge in [-0.3, -0.25) is 0 Å². The lowest BCUT2D eigenvalue weighted by molar-refractivity contribution is 0.334. The first-order chi connectivity index (χ1) is 9.24. The molecule has 1 heterocycles. The van der Waals surface area contributed by atoms with Gasteiger partial charge in [-0.05, 0) is 62.0 Å². The van der Waals surface area contributed by atoms with E-state index in [1.54, 1.807) is 0 Å². The molecule has 0 bridgehead atoms. The van der Waals surface area contributed by atoms with Crippen LogP contribution in [0.3, 0.4) is 0 Å². The first-order valence-corrected chi connectivity index (χ1v) is 7.67. The zero-order valence-electron chi connectivity index (χ0n) is 11.5. The average molecular weight is 274 g/mol. The number of nitrogens with zero attached hydrogens (tertiary/aromatic N) is 1. The maximum absolute atomic E-state index is 5.68. The SMILES string of the molecule is CN(CCCc1ccc(N)cc1)CCc1cccs1. The molecule has 19 heavy (non-hydrogen) atoms. The molecule has 0 fully saturated rings. The van der Waals surface area contributed by atoms with Crippen LogP contribution in [0.2, 0.25) is 0 Å². The smallest absolute Gasteiger partial charge is 0.0314 e. The Morgan fingerprint density at radius 2 is 1.84 bits per heavy atom. The van der Waals surface area contributed by atoms with Crippen LogP contribution >= 0.6 is 11.3 Å². The van der Waals surface area contributed by atoms with Gasteiger partial charge in [0.15, 0.2) is 0 Å². The molecule has 2 rings (SSSR count). The van der Waals surface area contributed by atoms with Crippen LogP contribution in [0.5, 0.6) is 0 Å². The van der Waals surface area contributed by atoms with Crippen molar-refractivity contribution in [1.29, 1.82) is 0 Å². The highest BCUT2D eigenvalue weighted by molar-refractivity contribution is 7.09. The Kier molecular flexibility index (Phi) is 5.43. The first-order valence-electron chi connectivity index (χ1n) is 6.79. The number of hydrogen-bond acceptors (Lipinski definition) is 3. The van der Waals surface area contributed by atoms with E-state index in [1.165, 1.54) is 16.9 Å². The van der Waals surface area contributed by atoms with Crippen LogP contribution in [0.25, 0.3) is 0 Å². The number of rotatable bonds is 7. The summed E-state index contributed by atoms with van der Waals surface area (Å²) < 4.78 is 0. The maximum atomic E-state index is 5.68. The molecule has 2 nitrogen and oxygen atoms in total. The van der Waals surface area contributed by atoms with Crippen LogP contribution in [0.4, 0.5) is 5.69 Å². The van der Waals surface area contributed by atoms with Gasteiger partial charge in [0.05, 0.1) is 0 Å². The summed E-state index contributed by atoms with van der Waals surface area (Å²) in [5.74, 6) is 0. The van der Waals surface area contributed by atoms with Crippen molar-refractivity contribution in [3.8, 4) is 0 Å². The Morgan fingerprint density at radius 1 is 1.05 bits per heavy atom. The van der Waals surface area contributed by atoms with Gasteiger partial charge in [-0.1, -0.05) is 18.2 Å². The summed E-state index contributed by atoms with van der Waals surface area (Å²) in [6.07, 6.45) is 3.49. The van der Waals surface area contributed by atoms with Crippen LogP contribution in [0.1, 0.15) is 16.9 Å².